The SMILES string of the molecule is O=S(=O)([O-])c1cccc2c3nc4nc(nc5[nH]c(nc6nc(nc([nH]3)c12)-c1ccccc1-6)c1ccccc51)-c1ccccc1-4.O=S(=O)([O-])c1cccc2c3nc4nc(nc5[nH]c(nc6nc(nc([nH]3)c12)-c1ccccc1-6)c1ccccc51)-c1ccccc1-4.[Ru+2]. The number of nitrogens with one attached hydrogen (secondary N) is 4. The minimum atomic E-state index is -4.87. The van der Waals surface area contributed by atoms with Crippen LogP contribution in [-0.2, 0) is 39.7 Å². The van der Waals surface area contributed by atoms with E-state index >= 15 is 0 Å². The molecule has 4 aliphatic heterocycles. The van der Waals surface area contributed by atoms with E-state index in [9.17, 15) is 25.9 Å². The average Bonchev–Trinajstić information content (AvgIpc) is 1.68. The fourth-order valence-corrected chi connectivity index (χ4v) is 13.1. The summed E-state index contributed by atoms with van der Waals surface area (Å²) < 4.78 is 74.5. The first-order valence-electron chi connectivity index (χ1n) is 27.2. The van der Waals surface area contributed by atoms with E-state index in [0.29, 0.717) is 102 Å². The molecular weight excluding hydrogens is 1250 g/mol. The summed E-state index contributed by atoms with van der Waals surface area (Å²) in [6.07, 6.45) is 0. The van der Waals surface area contributed by atoms with Gasteiger partial charge in [-0.15, -0.1) is 0 Å². The van der Waals surface area contributed by atoms with Gasteiger partial charge < -0.3 is 29.0 Å². The molecule has 426 valence electrons. The Morgan fingerprint density at radius 3 is 0.663 bits per heavy atom. The van der Waals surface area contributed by atoms with Crippen LogP contribution in [0.1, 0.15) is 0 Å². The maximum absolute atomic E-state index is 12.4. The zero-order valence-electron chi connectivity index (χ0n) is 45.3. The fourth-order valence-electron chi connectivity index (χ4n) is 11.7. The predicted octanol–water partition coefficient (Wildman–Crippen LogP) is 11.5. The first-order chi connectivity index (χ1) is 42.8. The minimum absolute atomic E-state index is 0. The molecule has 0 unspecified atom stereocenters. The number of nitrogens with zero attached hydrogens (tertiary/aromatic N) is 12. The molecule has 6 aromatic heterocycles. The number of benzene rings is 8. The van der Waals surface area contributed by atoms with Crippen molar-refractivity contribution in [3.8, 4) is 91.1 Å². The van der Waals surface area contributed by atoms with E-state index in [-0.39, 0.29) is 41.5 Å². The molecule has 8 aromatic carbocycles. The summed E-state index contributed by atoms with van der Waals surface area (Å²) in [5.41, 5.74) is 9.09. The molecule has 14 aromatic rings. The van der Waals surface area contributed by atoms with E-state index < -0.39 is 30.0 Å². The number of hydrogen-bond acceptors (Lipinski definition) is 18. The third-order valence-electron chi connectivity index (χ3n) is 15.6. The van der Waals surface area contributed by atoms with Crippen molar-refractivity contribution in [2.24, 2.45) is 0 Å². The number of rotatable bonds is 2. The molecule has 0 amide bonds. The summed E-state index contributed by atoms with van der Waals surface area (Å²) in [5.74, 6) is 3.09. The third-order valence-corrected chi connectivity index (χ3v) is 17.4. The summed E-state index contributed by atoms with van der Waals surface area (Å²) in [6, 6.07) is 54.7. The zero-order chi connectivity index (χ0) is 59.2. The molecule has 0 aliphatic carbocycles. The Hall–Kier alpha value is -11.1. The maximum Gasteiger partial charge on any atom is 2.00 e. The Morgan fingerprint density at radius 1 is 0.236 bits per heavy atom. The number of aromatic amines is 4. The normalized spacial score (nSPS) is 12.2. The van der Waals surface area contributed by atoms with E-state index in [0.717, 1.165) is 54.9 Å². The first-order valence-corrected chi connectivity index (χ1v) is 30.0. The van der Waals surface area contributed by atoms with Crippen molar-refractivity contribution in [2.45, 2.75) is 9.79 Å². The van der Waals surface area contributed by atoms with Crippen LogP contribution in [0.4, 0.5) is 0 Å². The van der Waals surface area contributed by atoms with Crippen LogP contribution in [0.15, 0.2) is 192 Å². The smallest absolute Gasteiger partial charge is 0.744 e. The van der Waals surface area contributed by atoms with Crippen molar-refractivity contribution >= 4 is 109 Å². The standard InChI is InChI=1S/2C32H18N8O3S.Ru/c2*41-44(42,43)23-15-7-14-22-24(23)32-39-30-21-13-6-5-12-20(21)28(37-30)35-26-17-9-2-1-8-16(17)25(33-26)34-27-18-10-3-4-11-19(18)29(36-27)38-31(22)40-32;/h2*1-15H,(H,41,42,43)(H2,33,34,35,36,37,38,39,40);/q;;+2/p-2. The van der Waals surface area contributed by atoms with Gasteiger partial charge in [-0.3, -0.25) is 0 Å². The number of fused-ring (bicyclic) bond motifs is 40. The van der Waals surface area contributed by atoms with Crippen molar-refractivity contribution in [2.75, 3.05) is 0 Å². The largest absolute Gasteiger partial charge is 2.00 e. The predicted molar refractivity (Wildman–Crippen MR) is 328 cm³/mol. The van der Waals surface area contributed by atoms with Gasteiger partial charge in [-0.05, 0) is 12.1 Å². The van der Waals surface area contributed by atoms with Crippen LogP contribution in [0.5, 0.6) is 0 Å². The average molecular weight is 1290 g/mol. The molecule has 25 heteroatoms. The molecule has 4 aliphatic rings. The Morgan fingerprint density at radius 2 is 0.427 bits per heavy atom. The van der Waals surface area contributed by atoms with Crippen molar-refractivity contribution in [1.82, 2.24) is 79.7 Å². The molecule has 0 fully saturated rings. The number of H-pyrrole nitrogens is 4. The van der Waals surface area contributed by atoms with Gasteiger partial charge in [-0.2, -0.15) is 0 Å². The van der Waals surface area contributed by atoms with E-state index in [1.807, 2.05) is 146 Å². The second-order valence-corrected chi connectivity index (χ2v) is 23.5. The van der Waals surface area contributed by atoms with Crippen LogP contribution in [-0.4, -0.2) is 106 Å². The van der Waals surface area contributed by atoms with Crippen LogP contribution in [0.25, 0.3) is 179 Å². The summed E-state index contributed by atoms with van der Waals surface area (Å²) in [7, 11) is -9.73. The van der Waals surface area contributed by atoms with Gasteiger partial charge in [0.15, 0.2) is 46.6 Å². The molecule has 16 bridgehead atoms. The first kappa shape index (κ1) is 53.4. The van der Waals surface area contributed by atoms with Gasteiger partial charge in [0.1, 0.15) is 65.4 Å². The summed E-state index contributed by atoms with van der Waals surface area (Å²) in [4.78, 5) is 70.4. The third kappa shape index (κ3) is 8.69. The van der Waals surface area contributed by atoms with E-state index in [1.165, 1.54) is 24.3 Å². The minimum Gasteiger partial charge on any atom is -0.744 e. The zero-order valence-corrected chi connectivity index (χ0v) is 48.7. The Labute approximate surface area is 513 Å². The van der Waals surface area contributed by atoms with Gasteiger partial charge in [0.05, 0.1) is 9.79 Å². The van der Waals surface area contributed by atoms with Gasteiger partial charge in [-0.25, -0.2) is 76.6 Å². The molecule has 0 saturated carbocycles. The van der Waals surface area contributed by atoms with Crippen LogP contribution < -0.4 is 0 Å². The topological polar surface area (TPSA) is 332 Å². The van der Waals surface area contributed by atoms with Crippen molar-refractivity contribution in [3.63, 3.8) is 0 Å². The summed E-state index contributed by atoms with van der Waals surface area (Å²) in [6.45, 7) is 0. The maximum atomic E-state index is 12.4. The molecular formula is C64H34N16O6RuS2. The Balaban J connectivity index is 0.000000141. The molecule has 89 heavy (non-hydrogen) atoms. The van der Waals surface area contributed by atoms with Crippen LogP contribution in [0.3, 0.4) is 0 Å². The molecule has 10 heterocycles. The Bertz CT molecular complexity index is 5690. The molecule has 0 radical (unpaired) electrons. The van der Waals surface area contributed by atoms with Crippen LogP contribution >= 0.6 is 0 Å². The van der Waals surface area contributed by atoms with Gasteiger partial charge in [0.2, 0.25) is 0 Å². The van der Waals surface area contributed by atoms with Crippen LogP contribution in [0, 0.1) is 0 Å². The molecule has 18 rings (SSSR count). The quantitative estimate of drug-likeness (QED) is 0.0922. The summed E-state index contributed by atoms with van der Waals surface area (Å²) >= 11 is 0. The van der Waals surface area contributed by atoms with E-state index in [1.54, 1.807) is 12.1 Å². The Kier molecular flexibility index (Phi) is 12.0. The molecule has 22 nitrogen and oxygen atoms in total. The van der Waals surface area contributed by atoms with Crippen molar-refractivity contribution in [1.29, 1.82) is 0 Å². The number of hydrogen-bond donors (Lipinski definition) is 4. The summed E-state index contributed by atoms with van der Waals surface area (Å²) in [5, 5.41) is 4.49. The second kappa shape index (κ2) is 20.0. The fraction of sp³-hybridized carbons (Fsp3) is 0. The molecule has 0 atom stereocenters. The van der Waals surface area contributed by atoms with Gasteiger partial charge >= 0.3 is 19.5 Å². The van der Waals surface area contributed by atoms with Crippen molar-refractivity contribution in [3.05, 3.63) is 182 Å². The van der Waals surface area contributed by atoms with Crippen LogP contribution in [0.2, 0.25) is 0 Å². The van der Waals surface area contributed by atoms with Crippen molar-refractivity contribution < 1.29 is 45.4 Å². The van der Waals surface area contributed by atoms with E-state index in [2.05, 4.69) is 19.9 Å². The monoisotopic (exact) mass is 1290 g/mol. The van der Waals surface area contributed by atoms with E-state index in [4.69, 9.17) is 59.8 Å². The molecule has 0 saturated heterocycles. The van der Waals surface area contributed by atoms with Gasteiger partial charge in [-0.1, -0.05) is 170 Å². The second-order valence-electron chi connectivity index (χ2n) is 20.8. The van der Waals surface area contributed by atoms with Gasteiger partial charge in [0, 0.05) is 87.6 Å². The molecule has 0 spiro atoms. The molecule has 4 N–H and O–H groups in total. The number of aromatic nitrogens is 16. The van der Waals surface area contributed by atoms with Gasteiger partial charge in [0.25, 0.3) is 0 Å².